The Morgan fingerprint density at radius 3 is 2.86 bits per heavy atom. The third kappa shape index (κ3) is 5.47. The summed E-state index contributed by atoms with van der Waals surface area (Å²) in [5, 5.41) is 6.43. The predicted molar refractivity (Wildman–Crippen MR) is 29.6 cm³/mol. The number of nitrogens with one attached hydrogen (secondary N) is 1. The first-order chi connectivity index (χ1) is 3.41. The van der Waals surface area contributed by atoms with Crippen LogP contribution < -0.4 is 0 Å². The van der Waals surface area contributed by atoms with E-state index in [1.165, 1.54) is 0 Å². The second-order valence-corrected chi connectivity index (χ2v) is 1.34. The molecule has 0 aromatic carbocycles. The molecule has 0 bridgehead atoms. The Hall–Kier alpha value is -0.530. The molecule has 0 rings (SSSR count). The van der Waals surface area contributed by atoms with E-state index >= 15 is 0 Å². The lowest BCUT2D eigenvalue weighted by atomic mass is 10.4. The van der Waals surface area contributed by atoms with Gasteiger partial charge in [0.2, 0.25) is 0 Å². The number of unbranched alkanes of at least 4 members (excludes halogenated alkanes) is 1. The van der Waals surface area contributed by atoms with E-state index in [1.807, 2.05) is 0 Å². The molecule has 0 aliphatic carbocycles. The zero-order valence-corrected chi connectivity index (χ0v) is 4.61. The minimum atomic E-state index is 0.694. The molecule has 0 saturated heterocycles. The highest BCUT2D eigenvalue weighted by Crippen LogP contribution is 1.83. The summed E-state index contributed by atoms with van der Waals surface area (Å²) in [4.78, 5) is 0. The van der Waals surface area contributed by atoms with Gasteiger partial charge in [-0.1, -0.05) is 13.3 Å². The van der Waals surface area contributed by atoms with E-state index in [0.717, 1.165) is 19.2 Å². The van der Waals surface area contributed by atoms with Crippen LogP contribution in [0.2, 0.25) is 0 Å². The summed E-state index contributed by atoms with van der Waals surface area (Å²) >= 11 is 0. The van der Waals surface area contributed by atoms with Crippen molar-refractivity contribution in [3.05, 3.63) is 0 Å². The van der Waals surface area contributed by atoms with E-state index in [2.05, 4.69) is 11.7 Å². The maximum absolute atomic E-state index is 6.43. The lowest BCUT2D eigenvalue weighted by molar-refractivity contribution is 0.309. The number of ether oxygens (including phenoxy) is 1. The predicted octanol–water partition coefficient (Wildman–Crippen LogP) is 1.41. The van der Waals surface area contributed by atoms with Crippen molar-refractivity contribution in [2.24, 2.45) is 0 Å². The molecule has 2 nitrogen and oxygen atoms in total. The first-order valence-electron chi connectivity index (χ1n) is 2.52. The van der Waals surface area contributed by atoms with Crippen molar-refractivity contribution in [2.45, 2.75) is 19.8 Å². The van der Waals surface area contributed by atoms with Crippen molar-refractivity contribution in [1.82, 2.24) is 0 Å². The fraction of sp³-hybridized carbons (Fsp3) is 0.800. The zero-order valence-electron chi connectivity index (χ0n) is 4.61. The Kier molecular flexibility index (Phi) is 5.06. The number of rotatable bonds is 4. The van der Waals surface area contributed by atoms with Gasteiger partial charge >= 0.3 is 0 Å². The first kappa shape index (κ1) is 6.47. The summed E-state index contributed by atoms with van der Waals surface area (Å²) in [7, 11) is 0. The van der Waals surface area contributed by atoms with Gasteiger partial charge in [0.25, 0.3) is 0 Å². The Bertz CT molecular complexity index is 45.3. The highest BCUT2D eigenvalue weighted by molar-refractivity contribution is 5.40. The average Bonchev–Trinajstić information content (AvgIpc) is 1.69. The minimum absolute atomic E-state index is 0.694. The molecule has 0 spiro atoms. The molecule has 0 unspecified atom stereocenters. The van der Waals surface area contributed by atoms with Crippen LogP contribution in [-0.2, 0) is 4.74 Å². The molecule has 0 saturated carbocycles. The first-order valence-corrected chi connectivity index (χ1v) is 2.52. The minimum Gasteiger partial charge on any atom is -0.484 e. The second kappa shape index (κ2) is 5.47. The SMILES string of the molecule is CCCCOC=N. The Morgan fingerprint density at radius 2 is 2.43 bits per heavy atom. The van der Waals surface area contributed by atoms with E-state index in [9.17, 15) is 0 Å². The molecular weight excluding hydrogens is 90.1 g/mol. The van der Waals surface area contributed by atoms with Gasteiger partial charge in [-0.2, -0.15) is 0 Å². The summed E-state index contributed by atoms with van der Waals surface area (Å²) in [5.74, 6) is 0. The monoisotopic (exact) mass is 101 g/mol. The number of hydrogen-bond acceptors (Lipinski definition) is 2. The van der Waals surface area contributed by atoms with E-state index < -0.39 is 0 Å². The molecule has 0 aliphatic heterocycles. The Labute approximate surface area is 44.0 Å². The molecule has 42 valence electrons. The van der Waals surface area contributed by atoms with Crippen molar-refractivity contribution >= 4 is 6.40 Å². The maximum atomic E-state index is 6.43. The summed E-state index contributed by atoms with van der Waals surface area (Å²) in [6.07, 6.45) is 3.17. The maximum Gasteiger partial charge on any atom is 0.166 e. The highest BCUT2D eigenvalue weighted by Gasteiger charge is 1.76. The molecule has 0 aliphatic rings. The van der Waals surface area contributed by atoms with E-state index in [0.29, 0.717) is 6.61 Å². The van der Waals surface area contributed by atoms with Gasteiger partial charge in [0, 0.05) is 0 Å². The molecule has 0 heterocycles. The molecule has 0 atom stereocenters. The van der Waals surface area contributed by atoms with Crippen LogP contribution in [0.3, 0.4) is 0 Å². The van der Waals surface area contributed by atoms with Crippen molar-refractivity contribution in [1.29, 1.82) is 5.41 Å². The van der Waals surface area contributed by atoms with Crippen LogP contribution in [0.5, 0.6) is 0 Å². The quantitative estimate of drug-likeness (QED) is 0.324. The molecule has 1 N–H and O–H groups in total. The van der Waals surface area contributed by atoms with Gasteiger partial charge in [0.1, 0.15) is 0 Å². The highest BCUT2D eigenvalue weighted by atomic mass is 16.5. The van der Waals surface area contributed by atoms with E-state index in [-0.39, 0.29) is 0 Å². The van der Waals surface area contributed by atoms with Crippen molar-refractivity contribution in [3.8, 4) is 0 Å². The molecule has 0 amide bonds. The van der Waals surface area contributed by atoms with Crippen LogP contribution in [-0.4, -0.2) is 13.0 Å². The molecule has 0 aromatic heterocycles. The van der Waals surface area contributed by atoms with Gasteiger partial charge in [-0.25, -0.2) is 0 Å². The molecule has 0 fully saturated rings. The Morgan fingerprint density at radius 1 is 1.71 bits per heavy atom. The van der Waals surface area contributed by atoms with Crippen LogP contribution in [0.25, 0.3) is 0 Å². The van der Waals surface area contributed by atoms with Crippen LogP contribution in [0.1, 0.15) is 19.8 Å². The Balaban J connectivity index is 2.56. The van der Waals surface area contributed by atoms with Crippen molar-refractivity contribution in [3.63, 3.8) is 0 Å². The fourth-order valence-corrected chi connectivity index (χ4v) is 0.287. The largest absolute Gasteiger partial charge is 0.484 e. The van der Waals surface area contributed by atoms with Crippen LogP contribution >= 0.6 is 0 Å². The summed E-state index contributed by atoms with van der Waals surface area (Å²) in [6.45, 7) is 2.79. The molecule has 2 heteroatoms. The third-order valence-electron chi connectivity index (χ3n) is 0.699. The van der Waals surface area contributed by atoms with Gasteiger partial charge < -0.3 is 4.74 Å². The van der Waals surface area contributed by atoms with Gasteiger partial charge in [0.15, 0.2) is 6.40 Å². The molecular formula is C5H11NO. The van der Waals surface area contributed by atoms with Gasteiger partial charge in [-0.15, -0.1) is 0 Å². The standard InChI is InChI=1S/C5H11NO/c1-2-3-4-7-5-6/h5-6H,2-4H2,1H3. The number of hydrogen-bond donors (Lipinski definition) is 1. The van der Waals surface area contributed by atoms with Crippen LogP contribution in [0.4, 0.5) is 0 Å². The van der Waals surface area contributed by atoms with Crippen molar-refractivity contribution in [2.75, 3.05) is 6.61 Å². The van der Waals surface area contributed by atoms with Crippen molar-refractivity contribution < 1.29 is 4.74 Å². The second-order valence-electron chi connectivity index (χ2n) is 1.34. The summed E-state index contributed by atoms with van der Waals surface area (Å²) < 4.78 is 4.62. The smallest absolute Gasteiger partial charge is 0.166 e. The van der Waals surface area contributed by atoms with Gasteiger partial charge in [-0.05, 0) is 6.42 Å². The topological polar surface area (TPSA) is 33.1 Å². The lowest BCUT2D eigenvalue weighted by Crippen LogP contribution is -1.88. The van der Waals surface area contributed by atoms with E-state index in [1.54, 1.807) is 0 Å². The molecule has 0 radical (unpaired) electrons. The van der Waals surface area contributed by atoms with E-state index in [4.69, 9.17) is 5.41 Å². The van der Waals surface area contributed by atoms with Crippen LogP contribution in [0.15, 0.2) is 0 Å². The fourth-order valence-electron chi connectivity index (χ4n) is 0.287. The molecule has 0 aromatic rings. The summed E-state index contributed by atoms with van der Waals surface area (Å²) in [6, 6.07) is 0. The third-order valence-corrected chi connectivity index (χ3v) is 0.699. The molecule has 7 heavy (non-hydrogen) atoms. The van der Waals surface area contributed by atoms with Gasteiger partial charge in [-0.3, -0.25) is 5.41 Å². The normalized spacial score (nSPS) is 8.14. The summed E-state index contributed by atoms with van der Waals surface area (Å²) in [5.41, 5.74) is 0. The average molecular weight is 101 g/mol. The zero-order chi connectivity index (χ0) is 5.54. The van der Waals surface area contributed by atoms with Gasteiger partial charge in [0.05, 0.1) is 6.61 Å². The lowest BCUT2D eigenvalue weighted by Gasteiger charge is -1.92. The van der Waals surface area contributed by atoms with Crippen LogP contribution in [0, 0.1) is 5.41 Å².